The lowest BCUT2D eigenvalue weighted by Crippen LogP contribution is -2.58. The lowest BCUT2D eigenvalue weighted by molar-refractivity contribution is -0.135. The Kier molecular flexibility index (Phi) is 7.63. The van der Waals surface area contributed by atoms with Crippen LogP contribution in [0.15, 0.2) is 53.9 Å². The molecular weight excluding hydrogens is 502 g/mol. The highest BCUT2D eigenvalue weighted by atomic mass is 35.5. The van der Waals surface area contributed by atoms with E-state index in [-0.39, 0.29) is 30.2 Å². The largest absolute Gasteiger partial charge is 0.368 e. The van der Waals surface area contributed by atoms with E-state index in [1.165, 1.54) is 24.4 Å². The molecule has 37 heavy (non-hydrogen) atoms. The van der Waals surface area contributed by atoms with Crippen molar-refractivity contribution in [2.45, 2.75) is 69.7 Å². The zero-order valence-corrected chi connectivity index (χ0v) is 22.6. The van der Waals surface area contributed by atoms with Crippen LogP contribution in [0.25, 0.3) is 33.7 Å². The number of para-hydroxylation sites is 2. The molecule has 6 nitrogen and oxygen atoms in total. The molecule has 2 aliphatic carbocycles. The second-order valence-corrected chi connectivity index (χ2v) is 11.1. The monoisotopic (exact) mass is 535 g/mol. The van der Waals surface area contributed by atoms with E-state index in [0.29, 0.717) is 0 Å². The van der Waals surface area contributed by atoms with Crippen molar-refractivity contribution in [2.24, 2.45) is 17.6 Å². The second kappa shape index (κ2) is 10.9. The number of halogens is 1. The number of hydrogen-bond acceptors (Lipinski definition) is 5. The Morgan fingerprint density at radius 2 is 1.46 bits per heavy atom. The van der Waals surface area contributed by atoms with Crippen LogP contribution in [-0.2, 0) is 10.3 Å². The van der Waals surface area contributed by atoms with Crippen LogP contribution in [0.1, 0.15) is 64.2 Å². The van der Waals surface area contributed by atoms with Gasteiger partial charge >= 0.3 is 0 Å². The Balaban J connectivity index is 0.00000280. The molecule has 2 N–H and O–H groups in total. The molecular formula is C29H34ClN5OS. The number of carbonyl (C=O) groups excluding carboxylic acids is 1. The normalized spacial score (nSPS) is 17.5. The number of amides is 1. The maximum Gasteiger partial charge on any atom is 0.244 e. The zero-order chi connectivity index (χ0) is 24.5. The van der Waals surface area contributed by atoms with Gasteiger partial charge in [-0.1, -0.05) is 79.4 Å². The Hall–Kier alpha value is -2.77. The predicted molar refractivity (Wildman–Crippen MR) is 152 cm³/mol. The average Bonchev–Trinajstić information content (AvgIpc) is 3.60. The molecule has 0 atom stereocenters. The molecule has 194 valence electrons. The molecule has 8 heteroatoms. The summed E-state index contributed by atoms with van der Waals surface area (Å²) in [4.78, 5) is 19.1. The fraction of sp³-hybridized carbons (Fsp3) is 0.448. The van der Waals surface area contributed by atoms with Gasteiger partial charge in [0, 0.05) is 16.5 Å². The lowest BCUT2D eigenvalue weighted by Gasteiger charge is -2.48. The quantitative estimate of drug-likeness (QED) is 0.288. The van der Waals surface area contributed by atoms with Gasteiger partial charge in [-0.3, -0.25) is 4.79 Å². The minimum absolute atomic E-state index is 0. The van der Waals surface area contributed by atoms with Gasteiger partial charge in [-0.15, -0.1) is 17.5 Å². The van der Waals surface area contributed by atoms with Gasteiger partial charge in [0.05, 0.1) is 11.0 Å². The van der Waals surface area contributed by atoms with Crippen LogP contribution in [0, 0.1) is 11.8 Å². The highest BCUT2D eigenvalue weighted by molar-refractivity contribution is 7.03. The first-order chi connectivity index (χ1) is 17.7. The summed E-state index contributed by atoms with van der Waals surface area (Å²) in [6.07, 6.45) is 11.3. The number of imidazole rings is 1. The van der Waals surface area contributed by atoms with Crippen LogP contribution >= 0.6 is 23.9 Å². The Labute approximate surface area is 228 Å². The van der Waals surface area contributed by atoms with E-state index in [1.54, 1.807) is 0 Å². The first-order valence-corrected chi connectivity index (χ1v) is 14.2. The zero-order valence-electron chi connectivity index (χ0n) is 21.0. The summed E-state index contributed by atoms with van der Waals surface area (Å²) in [7, 11) is 0. The Morgan fingerprint density at radius 1 is 0.865 bits per heavy atom. The summed E-state index contributed by atoms with van der Waals surface area (Å²) in [6, 6.07) is 16.6. The molecule has 4 aromatic rings. The van der Waals surface area contributed by atoms with Gasteiger partial charge in [0.1, 0.15) is 17.1 Å². The minimum atomic E-state index is -0.774. The third-order valence-electron chi connectivity index (χ3n) is 8.58. The molecule has 0 saturated heterocycles. The van der Waals surface area contributed by atoms with Crippen LogP contribution in [-0.4, -0.2) is 25.0 Å². The molecule has 0 radical (unpaired) electrons. The van der Waals surface area contributed by atoms with Crippen molar-refractivity contribution in [2.75, 3.05) is 0 Å². The van der Waals surface area contributed by atoms with Crippen molar-refractivity contribution < 1.29 is 4.79 Å². The van der Waals surface area contributed by atoms with Gasteiger partial charge in [0.25, 0.3) is 0 Å². The third kappa shape index (κ3) is 4.46. The Morgan fingerprint density at radius 3 is 2.03 bits per heavy atom. The summed E-state index contributed by atoms with van der Waals surface area (Å²) in [5.74, 6) is 1.11. The highest BCUT2D eigenvalue weighted by Gasteiger charge is 2.53. The molecule has 0 bridgehead atoms. The van der Waals surface area contributed by atoms with Gasteiger partial charge in [-0.25, -0.2) is 4.98 Å². The third-order valence-corrected chi connectivity index (χ3v) is 9.08. The first-order valence-electron chi connectivity index (χ1n) is 13.4. The number of hydrogen-bond donors (Lipinski definition) is 1. The maximum absolute atomic E-state index is 13.9. The van der Waals surface area contributed by atoms with E-state index in [0.717, 1.165) is 85.0 Å². The number of nitrogens with two attached hydrogens (primary N) is 1. The molecule has 2 saturated carbocycles. The molecule has 2 fully saturated rings. The molecule has 2 aromatic carbocycles. The number of benzene rings is 2. The standard InChI is InChI=1S/C29H33N5OS.ClH/c30-28(35)29(22-9-3-1-4-10-22,23-11-5-2-6-12-23)34-26-14-8-7-13-24(26)31-27(34)21-17-15-20(16-18-21)25-19-36-33-32-25;/h7-8,13-19,22-23H,1-6,9-12H2,(H2,30,35);1H. The fourth-order valence-electron chi connectivity index (χ4n) is 6.97. The number of fused-ring (bicyclic) bond motifs is 1. The summed E-state index contributed by atoms with van der Waals surface area (Å²) in [5.41, 5.74) is 10.6. The van der Waals surface area contributed by atoms with Gasteiger partial charge in [-0.05, 0) is 61.2 Å². The van der Waals surface area contributed by atoms with Crippen molar-refractivity contribution in [3.05, 3.63) is 53.9 Å². The van der Waals surface area contributed by atoms with Gasteiger partial charge < -0.3 is 10.3 Å². The second-order valence-electron chi connectivity index (χ2n) is 10.5. The van der Waals surface area contributed by atoms with E-state index in [2.05, 4.69) is 56.6 Å². The summed E-state index contributed by atoms with van der Waals surface area (Å²) >= 11 is 1.35. The SMILES string of the molecule is Cl.NC(=O)C(C1CCCCC1)(C1CCCCC1)n1c(-c2ccc(-c3csnn3)cc2)nc2ccccc21. The van der Waals surface area contributed by atoms with Gasteiger partial charge in [0.2, 0.25) is 5.91 Å². The number of primary amides is 1. The minimum Gasteiger partial charge on any atom is -0.368 e. The molecule has 0 unspecified atom stereocenters. The van der Waals surface area contributed by atoms with Crippen LogP contribution < -0.4 is 5.73 Å². The van der Waals surface area contributed by atoms with Crippen LogP contribution in [0.5, 0.6) is 0 Å². The topological polar surface area (TPSA) is 86.7 Å². The fourth-order valence-corrected chi connectivity index (χ4v) is 7.44. The molecule has 2 heterocycles. The summed E-state index contributed by atoms with van der Waals surface area (Å²) < 4.78 is 6.29. The molecule has 1 amide bonds. The van der Waals surface area contributed by atoms with Gasteiger partial charge in [-0.2, -0.15) is 0 Å². The lowest BCUT2D eigenvalue weighted by atomic mass is 9.63. The maximum atomic E-state index is 13.9. The van der Waals surface area contributed by atoms with E-state index >= 15 is 0 Å². The van der Waals surface area contributed by atoms with E-state index < -0.39 is 5.54 Å². The summed E-state index contributed by atoms with van der Waals surface area (Å²) in [5, 5.41) is 6.17. The smallest absolute Gasteiger partial charge is 0.244 e. The molecule has 2 aromatic heterocycles. The van der Waals surface area contributed by atoms with E-state index in [4.69, 9.17) is 10.7 Å². The number of aromatic nitrogens is 4. The van der Waals surface area contributed by atoms with Crippen LogP contribution in [0.3, 0.4) is 0 Å². The summed E-state index contributed by atoms with van der Waals surface area (Å²) in [6.45, 7) is 0. The van der Waals surface area contributed by atoms with Crippen LogP contribution in [0.2, 0.25) is 0 Å². The molecule has 2 aliphatic rings. The van der Waals surface area contributed by atoms with Crippen LogP contribution in [0.4, 0.5) is 0 Å². The van der Waals surface area contributed by atoms with Gasteiger partial charge in [0.15, 0.2) is 0 Å². The van der Waals surface area contributed by atoms with Crippen molar-refractivity contribution in [1.29, 1.82) is 0 Å². The number of carbonyl (C=O) groups is 1. The number of rotatable bonds is 6. The van der Waals surface area contributed by atoms with Crippen molar-refractivity contribution in [1.82, 2.24) is 19.1 Å². The van der Waals surface area contributed by atoms with Crippen molar-refractivity contribution in [3.8, 4) is 22.6 Å². The van der Waals surface area contributed by atoms with Crippen molar-refractivity contribution >= 4 is 40.9 Å². The highest BCUT2D eigenvalue weighted by Crippen LogP contribution is 2.50. The van der Waals surface area contributed by atoms with E-state index in [9.17, 15) is 4.79 Å². The van der Waals surface area contributed by atoms with E-state index in [1.807, 2.05) is 11.4 Å². The average molecular weight is 536 g/mol. The molecule has 0 aliphatic heterocycles. The Bertz CT molecular complexity index is 1320. The molecule has 0 spiro atoms. The van der Waals surface area contributed by atoms with Crippen molar-refractivity contribution in [3.63, 3.8) is 0 Å². The number of nitrogens with zero attached hydrogens (tertiary/aromatic N) is 4. The first kappa shape index (κ1) is 25.9. The molecule has 6 rings (SSSR count). The predicted octanol–water partition coefficient (Wildman–Crippen LogP) is 6.98.